The number of halogens is 1. The first-order valence-corrected chi connectivity index (χ1v) is 9.69. The van der Waals surface area contributed by atoms with E-state index in [1.165, 1.54) is 4.68 Å². The Hall–Kier alpha value is -3.13. The summed E-state index contributed by atoms with van der Waals surface area (Å²) in [5.41, 5.74) is 0.937. The Labute approximate surface area is 172 Å². The van der Waals surface area contributed by atoms with Crippen LogP contribution in [0.3, 0.4) is 0 Å². The van der Waals surface area contributed by atoms with Crippen molar-refractivity contribution < 1.29 is 9.59 Å². The van der Waals surface area contributed by atoms with Gasteiger partial charge >= 0.3 is 0 Å². The molecule has 0 radical (unpaired) electrons. The van der Waals surface area contributed by atoms with E-state index in [1.807, 2.05) is 42.1 Å². The zero-order chi connectivity index (χ0) is 20.3. The molecule has 4 heterocycles. The number of hydrogen-bond donors (Lipinski definition) is 1. The number of nitrogens with zero attached hydrogens (tertiary/aromatic N) is 5. The van der Waals surface area contributed by atoms with Gasteiger partial charge in [0.15, 0.2) is 5.69 Å². The Morgan fingerprint density at radius 2 is 2.10 bits per heavy atom. The molecule has 1 spiro atoms. The van der Waals surface area contributed by atoms with Crippen LogP contribution in [-0.2, 0) is 24.3 Å². The van der Waals surface area contributed by atoms with Gasteiger partial charge in [-0.25, -0.2) is 4.98 Å². The molecule has 1 fully saturated rings. The van der Waals surface area contributed by atoms with Gasteiger partial charge in [0.1, 0.15) is 17.3 Å². The molecule has 2 amide bonds. The number of aromatic nitrogens is 4. The number of benzene rings is 1. The van der Waals surface area contributed by atoms with Crippen molar-refractivity contribution >= 4 is 29.1 Å². The molecule has 2 atom stereocenters. The molecular weight excluding hydrogens is 392 g/mol. The highest BCUT2D eigenvalue weighted by Crippen LogP contribution is 2.54. The zero-order valence-corrected chi connectivity index (χ0v) is 16.7. The summed E-state index contributed by atoms with van der Waals surface area (Å²) in [6.45, 7) is 0.394. The van der Waals surface area contributed by atoms with Gasteiger partial charge in [-0.2, -0.15) is 5.10 Å². The van der Waals surface area contributed by atoms with Crippen LogP contribution in [-0.4, -0.2) is 42.6 Å². The van der Waals surface area contributed by atoms with Crippen LogP contribution in [0.1, 0.15) is 34.3 Å². The van der Waals surface area contributed by atoms with Gasteiger partial charge in [0.05, 0.1) is 5.02 Å². The van der Waals surface area contributed by atoms with Crippen molar-refractivity contribution in [2.24, 2.45) is 14.1 Å². The average molecular weight is 411 g/mol. The minimum absolute atomic E-state index is 0.117. The molecule has 148 valence electrons. The number of fused-ring (bicyclic) bond motifs is 2. The topological polar surface area (TPSA) is 85.0 Å². The fourth-order valence-corrected chi connectivity index (χ4v) is 4.91. The van der Waals surface area contributed by atoms with Gasteiger partial charge in [0, 0.05) is 44.9 Å². The maximum Gasteiger partial charge on any atom is 0.276 e. The normalized spacial score (nSPS) is 22.9. The smallest absolute Gasteiger partial charge is 0.276 e. The van der Waals surface area contributed by atoms with Crippen LogP contribution in [0.5, 0.6) is 0 Å². The highest BCUT2D eigenvalue weighted by atomic mass is 35.5. The number of para-hydroxylation sites is 1. The number of rotatable bonds is 2. The second-order valence-corrected chi connectivity index (χ2v) is 7.93. The number of aryl methyl sites for hydroxylation is 2. The number of carbonyl (C=O) groups is 2. The van der Waals surface area contributed by atoms with E-state index in [0.717, 1.165) is 11.3 Å². The molecule has 5 rings (SSSR count). The van der Waals surface area contributed by atoms with Crippen molar-refractivity contribution in [2.75, 3.05) is 11.9 Å². The van der Waals surface area contributed by atoms with E-state index in [0.29, 0.717) is 18.8 Å². The largest absolute Gasteiger partial charge is 0.336 e. The van der Waals surface area contributed by atoms with Crippen molar-refractivity contribution in [3.8, 4) is 0 Å². The molecule has 0 aliphatic carbocycles. The number of amides is 2. The Balaban J connectivity index is 1.69. The molecule has 9 heteroatoms. The number of hydrogen-bond acceptors (Lipinski definition) is 4. The van der Waals surface area contributed by atoms with Gasteiger partial charge in [0.25, 0.3) is 5.91 Å². The van der Waals surface area contributed by atoms with E-state index < -0.39 is 11.5 Å². The summed E-state index contributed by atoms with van der Waals surface area (Å²) in [4.78, 5) is 33.0. The molecule has 29 heavy (non-hydrogen) atoms. The third-order valence-corrected chi connectivity index (χ3v) is 6.21. The van der Waals surface area contributed by atoms with Crippen LogP contribution >= 0.6 is 11.6 Å². The molecule has 2 aliphatic rings. The lowest BCUT2D eigenvalue weighted by Gasteiger charge is -2.33. The summed E-state index contributed by atoms with van der Waals surface area (Å²) in [7, 11) is 3.58. The first-order valence-electron chi connectivity index (χ1n) is 9.32. The van der Waals surface area contributed by atoms with Gasteiger partial charge in [-0.05, 0) is 18.1 Å². The molecule has 1 aromatic carbocycles. The van der Waals surface area contributed by atoms with Crippen molar-refractivity contribution in [3.05, 3.63) is 65.0 Å². The van der Waals surface area contributed by atoms with Gasteiger partial charge in [-0.1, -0.05) is 29.8 Å². The summed E-state index contributed by atoms with van der Waals surface area (Å²) in [6.07, 6.45) is 5.57. The van der Waals surface area contributed by atoms with Crippen LogP contribution in [0, 0.1) is 0 Å². The van der Waals surface area contributed by atoms with E-state index in [1.54, 1.807) is 24.3 Å². The summed E-state index contributed by atoms with van der Waals surface area (Å²) in [5, 5.41) is 7.52. The van der Waals surface area contributed by atoms with Crippen molar-refractivity contribution in [1.82, 2.24) is 24.2 Å². The van der Waals surface area contributed by atoms with Crippen molar-refractivity contribution in [2.45, 2.75) is 17.9 Å². The van der Waals surface area contributed by atoms with Crippen molar-refractivity contribution in [3.63, 3.8) is 0 Å². The number of likely N-dealkylation sites (tertiary alicyclic amines) is 1. The molecule has 0 unspecified atom stereocenters. The SMILES string of the molecule is Cn1cc(Cl)c(C(=O)N2CC[C@]3(C(=O)Nc4ccccc43)[C@@H]2c2nccn2C)n1. The third-order valence-electron chi connectivity index (χ3n) is 5.94. The minimum Gasteiger partial charge on any atom is -0.336 e. The summed E-state index contributed by atoms with van der Waals surface area (Å²) < 4.78 is 3.36. The highest BCUT2D eigenvalue weighted by molar-refractivity contribution is 6.33. The third kappa shape index (κ3) is 2.38. The van der Waals surface area contributed by atoms with Crippen LogP contribution in [0.25, 0.3) is 0 Å². The summed E-state index contributed by atoms with van der Waals surface area (Å²) in [6, 6.07) is 7.06. The van der Waals surface area contributed by atoms with Crippen LogP contribution < -0.4 is 5.32 Å². The van der Waals surface area contributed by atoms with Gasteiger partial charge in [-0.3, -0.25) is 14.3 Å². The molecule has 2 aromatic heterocycles. The molecule has 2 aliphatic heterocycles. The predicted molar refractivity (Wildman–Crippen MR) is 107 cm³/mol. The lowest BCUT2D eigenvalue weighted by Crippen LogP contribution is -2.44. The van der Waals surface area contributed by atoms with Crippen LogP contribution in [0.2, 0.25) is 5.02 Å². The fraction of sp³-hybridized carbons (Fsp3) is 0.300. The Morgan fingerprint density at radius 3 is 2.79 bits per heavy atom. The Bertz CT molecular complexity index is 1150. The standard InChI is InChI=1S/C20H19ClN6O2/c1-25-10-8-22-17(25)16-20(12-5-3-4-6-14(12)23-19(20)29)7-9-27(16)18(28)15-13(21)11-26(2)24-15/h3-6,8,10-11,16H,7,9H2,1-2H3,(H,23,29)/t16-,20+/m0/s1. The Kier molecular flexibility index (Phi) is 3.82. The molecule has 0 saturated carbocycles. The lowest BCUT2D eigenvalue weighted by molar-refractivity contribution is -0.121. The minimum atomic E-state index is -0.910. The summed E-state index contributed by atoms with van der Waals surface area (Å²) in [5.74, 6) is 0.224. The summed E-state index contributed by atoms with van der Waals surface area (Å²) >= 11 is 6.25. The first-order chi connectivity index (χ1) is 13.9. The molecular formula is C20H19ClN6O2. The van der Waals surface area contributed by atoms with Gasteiger partial charge in [-0.15, -0.1) is 0 Å². The van der Waals surface area contributed by atoms with Crippen LogP contribution in [0.4, 0.5) is 5.69 Å². The van der Waals surface area contributed by atoms with Gasteiger partial charge in [0.2, 0.25) is 5.91 Å². The van der Waals surface area contributed by atoms with Crippen LogP contribution in [0.15, 0.2) is 42.9 Å². The average Bonchev–Trinajstić information content (AvgIpc) is 3.43. The van der Waals surface area contributed by atoms with Gasteiger partial charge < -0.3 is 14.8 Å². The lowest BCUT2D eigenvalue weighted by atomic mass is 9.74. The molecule has 1 saturated heterocycles. The van der Waals surface area contributed by atoms with Crippen molar-refractivity contribution in [1.29, 1.82) is 0 Å². The maximum atomic E-state index is 13.5. The predicted octanol–water partition coefficient (Wildman–Crippen LogP) is 2.28. The highest BCUT2D eigenvalue weighted by Gasteiger charge is 2.60. The number of imidazole rings is 1. The fourth-order valence-electron chi connectivity index (χ4n) is 4.65. The molecule has 1 N–H and O–H groups in total. The molecule has 3 aromatic rings. The van der Waals surface area contributed by atoms with E-state index in [9.17, 15) is 9.59 Å². The first kappa shape index (κ1) is 17.9. The molecule has 8 nitrogen and oxygen atoms in total. The quantitative estimate of drug-likeness (QED) is 0.702. The number of carbonyl (C=O) groups excluding carboxylic acids is 2. The van der Waals surface area contributed by atoms with E-state index in [2.05, 4.69) is 15.4 Å². The monoisotopic (exact) mass is 410 g/mol. The number of anilines is 1. The van der Waals surface area contributed by atoms with E-state index >= 15 is 0 Å². The molecule has 0 bridgehead atoms. The zero-order valence-electron chi connectivity index (χ0n) is 16.0. The van der Waals surface area contributed by atoms with E-state index in [4.69, 9.17) is 11.6 Å². The van der Waals surface area contributed by atoms with E-state index in [-0.39, 0.29) is 22.5 Å². The number of nitrogens with one attached hydrogen (secondary N) is 1. The second-order valence-electron chi connectivity index (χ2n) is 7.52. The Morgan fingerprint density at radius 1 is 1.31 bits per heavy atom. The second kappa shape index (κ2) is 6.18. The maximum absolute atomic E-state index is 13.5.